The third kappa shape index (κ3) is 3.63. The first-order valence-electron chi connectivity index (χ1n) is 3.77. The summed E-state index contributed by atoms with van der Waals surface area (Å²) < 4.78 is 13.5. The summed E-state index contributed by atoms with van der Waals surface area (Å²) in [5.41, 5.74) is 2.13. The summed E-state index contributed by atoms with van der Waals surface area (Å²) >= 11 is 13.1. The van der Waals surface area contributed by atoms with Crippen molar-refractivity contribution in [3.8, 4) is 0 Å². The van der Waals surface area contributed by atoms with Gasteiger partial charge in [0, 0.05) is 19.8 Å². The molecule has 1 aromatic carbocycles. The smallest absolute Gasteiger partial charge is 0.124 e. The molecule has 1 N–H and O–H groups in total. The molecule has 0 aliphatic carbocycles. The highest BCUT2D eigenvalue weighted by atomic mass is 127. The number of benzene rings is 1. The van der Waals surface area contributed by atoms with Crippen LogP contribution in [0.5, 0.6) is 0 Å². The van der Waals surface area contributed by atoms with Crippen molar-refractivity contribution < 1.29 is 4.39 Å². The van der Waals surface area contributed by atoms with Crippen LogP contribution in [0.15, 0.2) is 28.8 Å². The van der Waals surface area contributed by atoms with Gasteiger partial charge in [-0.15, -0.1) is 0 Å². The standard InChI is InChI=1S/C9H7Cl2FIN/c10-4-6(11)5-14-9-2-1-7(12)3-8(9)13/h1-4,14H,5H2. The molecule has 0 amide bonds. The second-order valence-electron chi connectivity index (χ2n) is 2.53. The van der Waals surface area contributed by atoms with Crippen molar-refractivity contribution in [2.45, 2.75) is 0 Å². The topological polar surface area (TPSA) is 12.0 Å². The predicted molar refractivity (Wildman–Crippen MR) is 67.4 cm³/mol. The molecule has 0 fully saturated rings. The number of halogens is 4. The summed E-state index contributed by atoms with van der Waals surface area (Å²) in [7, 11) is 0. The van der Waals surface area contributed by atoms with Crippen LogP contribution >= 0.6 is 45.8 Å². The van der Waals surface area contributed by atoms with Crippen LogP contribution in [0.3, 0.4) is 0 Å². The van der Waals surface area contributed by atoms with Gasteiger partial charge in [0.05, 0.1) is 6.54 Å². The van der Waals surface area contributed by atoms with Crippen molar-refractivity contribution in [1.82, 2.24) is 0 Å². The molecule has 0 bridgehead atoms. The Bertz CT molecular complexity index is 355. The van der Waals surface area contributed by atoms with Gasteiger partial charge >= 0.3 is 0 Å². The zero-order valence-electron chi connectivity index (χ0n) is 7.03. The van der Waals surface area contributed by atoms with Gasteiger partial charge in [-0.25, -0.2) is 4.39 Å². The molecule has 0 radical (unpaired) electrons. The molecular formula is C9H7Cl2FIN. The maximum absolute atomic E-state index is 12.7. The van der Waals surface area contributed by atoms with E-state index in [9.17, 15) is 4.39 Å². The fraction of sp³-hybridized carbons (Fsp3) is 0.111. The van der Waals surface area contributed by atoms with Crippen LogP contribution in [0, 0.1) is 9.39 Å². The van der Waals surface area contributed by atoms with Crippen LogP contribution in [-0.4, -0.2) is 6.54 Å². The molecule has 14 heavy (non-hydrogen) atoms. The fourth-order valence-corrected chi connectivity index (χ4v) is 1.66. The average Bonchev–Trinajstić information content (AvgIpc) is 2.16. The molecule has 0 atom stereocenters. The highest BCUT2D eigenvalue weighted by molar-refractivity contribution is 14.1. The van der Waals surface area contributed by atoms with Crippen LogP contribution in [0.2, 0.25) is 0 Å². The molecule has 0 spiro atoms. The first-order chi connectivity index (χ1) is 6.63. The number of hydrogen-bond acceptors (Lipinski definition) is 1. The predicted octanol–water partition coefficient (Wildman–Crippen LogP) is 4.16. The third-order valence-corrected chi connectivity index (χ3v) is 3.01. The minimum Gasteiger partial charge on any atom is -0.379 e. The molecule has 0 saturated heterocycles. The summed E-state index contributed by atoms with van der Waals surface area (Å²) in [6, 6.07) is 4.50. The number of nitrogens with one attached hydrogen (secondary N) is 1. The molecule has 1 nitrogen and oxygen atoms in total. The molecule has 5 heteroatoms. The van der Waals surface area contributed by atoms with E-state index in [0.29, 0.717) is 11.6 Å². The van der Waals surface area contributed by atoms with Gasteiger partial charge in [0.15, 0.2) is 0 Å². The molecule has 0 saturated carbocycles. The van der Waals surface area contributed by atoms with Crippen molar-refractivity contribution in [2.24, 2.45) is 0 Å². The summed E-state index contributed by atoms with van der Waals surface area (Å²) in [6.07, 6.45) is 0. The monoisotopic (exact) mass is 345 g/mol. The van der Waals surface area contributed by atoms with Crippen molar-refractivity contribution in [2.75, 3.05) is 11.9 Å². The van der Waals surface area contributed by atoms with Gasteiger partial charge in [-0.3, -0.25) is 0 Å². The van der Waals surface area contributed by atoms with Gasteiger partial charge in [0.1, 0.15) is 5.82 Å². The lowest BCUT2D eigenvalue weighted by Gasteiger charge is -2.07. The first-order valence-corrected chi connectivity index (χ1v) is 5.66. The molecule has 1 rings (SSSR count). The molecule has 0 aliphatic rings. The van der Waals surface area contributed by atoms with Crippen molar-refractivity contribution in [3.63, 3.8) is 0 Å². The number of rotatable bonds is 3. The van der Waals surface area contributed by atoms with Gasteiger partial charge in [-0.2, -0.15) is 0 Å². The van der Waals surface area contributed by atoms with E-state index in [1.165, 1.54) is 17.7 Å². The van der Waals surface area contributed by atoms with E-state index < -0.39 is 0 Å². The van der Waals surface area contributed by atoms with Gasteiger partial charge in [-0.05, 0) is 40.8 Å². The van der Waals surface area contributed by atoms with E-state index in [1.807, 2.05) is 22.6 Å². The van der Waals surface area contributed by atoms with Crippen molar-refractivity contribution in [3.05, 3.63) is 38.2 Å². The Hall–Kier alpha value is -0.000000000000000111. The maximum Gasteiger partial charge on any atom is 0.124 e. The van der Waals surface area contributed by atoms with Crippen LogP contribution in [0.25, 0.3) is 0 Å². The van der Waals surface area contributed by atoms with E-state index in [-0.39, 0.29) is 5.82 Å². The normalized spacial score (nSPS) is 11.6. The molecule has 0 unspecified atom stereocenters. The Balaban J connectivity index is 2.68. The van der Waals surface area contributed by atoms with Crippen molar-refractivity contribution in [1.29, 1.82) is 0 Å². The second-order valence-corrected chi connectivity index (χ2v) is 4.40. The van der Waals surface area contributed by atoms with Gasteiger partial charge in [0.2, 0.25) is 0 Å². The minimum absolute atomic E-state index is 0.251. The average molecular weight is 346 g/mol. The molecule has 0 aromatic heterocycles. The lowest BCUT2D eigenvalue weighted by molar-refractivity contribution is 0.627. The Morgan fingerprint density at radius 1 is 1.57 bits per heavy atom. The SMILES string of the molecule is Fc1ccc(NCC(Cl)=CCl)c(I)c1. The number of anilines is 1. The van der Waals surface area contributed by atoms with Crippen molar-refractivity contribution >= 4 is 51.5 Å². The summed E-state index contributed by atoms with van der Waals surface area (Å²) in [6.45, 7) is 0.437. The highest BCUT2D eigenvalue weighted by Crippen LogP contribution is 2.19. The van der Waals surface area contributed by atoms with Gasteiger partial charge in [-0.1, -0.05) is 23.2 Å². The largest absolute Gasteiger partial charge is 0.379 e. The van der Waals surface area contributed by atoms with Crippen LogP contribution in [-0.2, 0) is 0 Å². The Kier molecular flexibility index (Phi) is 4.98. The molecular weight excluding hydrogens is 339 g/mol. The van der Waals surface area contributed by atoms with Crippen LogP contribution in [0.4, 0.5) is 10.1 Å². The van der Waals surface area contributed by atoms with Gasteiger partial charge < -0.3 is 5.32 Å². The Labute approximate surface area is 105 Å². The Morgan fingerprint density at radius 3 is 2.86 bits per heavy atom. The zero-order valence-corrected chi connectivity index (χ0v) is 10.7. The number of hydrogen-bond donors (Lipinski definition) is 1. The quantitative estimate of drug-likeness (QED) is 0.811. The lowest BCUT2D eigenvalue weighted by atomic mass is 10.3. The zero-order chi connectivity index (χ0) is 10.6. The van der Waals surface area contributed by atoms with Gasteiger partial charge in [0.25, 0.3) is 0 Å². The minimum atomic E-state index is -0.251. The Morgan fingerprint density at radius 2 is 2.29 bits per heavy atom. The fourth-order valence-electron chi connectivity index (χ4n) is 0.851. The molecule has 76 valence electrons. The summed E-state index contributed by atoms with van der Waals surface area (Å²) in [5.74, 6) is -0.251. The van der Waals surface area contributed by atoms with Crippen LogP contribution < -0.4 is 5.32 Å². The maximum atomic E-state index is 12.7. The highest BCUT2D eigenvalue weighted by Gasteiger charge is 2.00. The molecule has 0 aliphatic heterocycles. The summed E-state index contributed by atoms with van der Waals surface area (Å²) in [4.78, 5) is 0. The molecule has 0 heterocycles. The van der Waals surface area contributed by atoms with E-state index in [0.717, 1.165) is 9.26 Å². The first kappa shape index (κ1) is 12.1. The van der Waals surface area contributed by atoms with E-state index in [2.05, 4.69) is 5.32 Å². The van der Waals surface area contributed by atoms with Crippen LogP contribution in [0.1, 0.15) is 0 Å². The van der Waals surface area contributed by atoms with E-state index in [4.69, 9.17) is 23.2 Å². The lowest BCUT2D eigenvalue weighted by Crippen LogP contribution is -2.02. The second kappa shape index (κ2) is 5.78. The van der Waals surface area contributed by atoms with E-state index in [1.54, 1.807) is 6.07 Å². The third-order valence-electron chi connectivity index (χ3n) is 1.50. The summed E-state index contributed by atoms with van der Waals surface area (Å²) in [5, 5.41) is 3.54. The van der Waals surface area contributed by atoms with E-state index >= 15 is 0 Å². The molecule has 1 aromatic rings.